The van der Waals surface area contributed by atoms with Crippen molar-refractivity contribution in [1.82, 2.24) is 0 Å². The summed E-state index contributed by atoms with van der Waals surface area (Å²) in [6.45, 7) is 4.16. The molecule has 2 atom stereocenters. The van der Waals surface area contributed by atoms with Gasteiger partial charge in [-0.2, -0.15) is 0 Å². The zero-order valence-electron chi connectivity index (χ0n) is 59.8. The van der Waals surface area contributed by atoms with Crippen LogP contribution in [0.5, 0.6) is 0 Å². The zero-order chi connectivity index (χ0) is 66.2. The molecular formula is C81H142NO8P. The number of quaternary nitrogens is 1. The van der Waals surface area contributed by atoms with E-state index < -0.39 is 26.5 Å². The summed E-state index contributed by atoms with van der Waals surface area (Å²) in [6.07, 6.45) is 102. The van der Waals surface area contributed by atoms with Crippen molar-refractivity contribution in [2.75, 3.05) is 47.5 Å². The normalized spacial score (nSPS) is 13.8. The Bertz CT molecular complexity index is 1950. The number of carbonyl (C=O) groups is 2. The Morgan fingerprint density at radius 2 is 0.626 bits per heavy atom. The predicted molar refractivity (Wildman–Crippen MR) is 392 cm³/mol. The lowest BCUT2D eigenvalue weighted by atomic mass is 10.0. The minimum Gasteiger partial charge on any atom is -0.756 e. The van der Waals surface area contributed by atoms with Crippen LogP contribution in [-0.4, -0.2) is 70.0 Å². The van der Waals surface area contributed by atoms with Crippen molar-refractivity contribution in [1.29, 1.82) is 0 Å². The van der Waals surface area contributed by atoms with E-state index in [1.807, 2.05) is 21.1 Å². The van der Waals surface area contributed by atoms with Crippen LogP contribution in [-0.2, 0) is 32.7 Å². The molecule has 2 unspecified atom stereocenters. The maximum Gasteiger partial charge on any atom is 0.306 e. The second-order valence-electron chi connectivity index (χ2n) is 26.3. The number of allylic oxidation sites excluding steroid dienone is 20. The number of ether oxygens (including phenoxy) is 2. The molecule has 0 saturated heterocycles. The minimum absolute atomic E-state index is 0.0346. The first-order chi connectivity index (χ1) is 44.5. The van der Waals surface area contributed by atoms with Crippen molar-refractivity contribution in [2.24, 2.45) is 0 Å². The highest BCUT2D eigenvalue weighted by Gasteiger charge is 2.22. The highest BCUT2D eigenvalue weighted by Crippen LogP contribution is 2.38. The van der Waals surface area contributed by atoms with Gasteiger partial charge in [0.1, 0.15) is 19.8 Å². The fraction of sp³-hybridized carbons (Fsp3) is 0.728. The fourth-order valence-corrected chi connectivity index (χ4v) is 11.2. The first-order valence-corrected chi connectivity index (χ1v) is 39.2. The van der Waals surface area contributed by atoms with Gasteiger partial charge >= 0.3 is 11.9 Å². The SMILES string of the molecule is CC/C=C\C/C=C\C/C=C\C/C=C\C/C=C\C/C=C\C/C=C\C/C=C\C/C=C\C/C=C\CCCCCCCCCCCCC(=O)OC(COC(=O)CCCCCCCCCCCCCCCCCCCCCCCCCCCC)COP(=O)([O-])OCC[N+](C)(C)C. The number of hydrogen-bond acceptors (Lipinski definition) is 8. The molecule has 0 aromatic heterocycles. The Balaban J connectivity index is 4.05. The summed E-state index contributed by atoms with van der Waals surface area (Å²) in [7, 11) is 1.16. The summed E-state index contributed by atoms with van der Waals surface area (Å²) in [6, 6.07) is 0. The Hall–Kier alpha value is -3.59. The second-order valence-corrected chi connectivity index (χ2v) is 27.7. The average molecular weight is 1290 g/mol. The van der Waals surface area contributed by atoms with Crippen LogP contribution in [0.1, 0.15) is 328 Å². The van der Waals surface area contributed by atoms with Crippen molar-refractivity contribution in [3.8, 4) is 0 Å². The van der Waals surface area contributed by atoms with Crippen LogP contribution in [0.2, 0.25) is 0 Å². The van der Waals surface area contributed by atoms with Gasteiger partial charge in [-0.25, -0.2) is 0 Å². The van der Waals surface area contributed by atoms with Gasteiger partial charge in [-0.1, -0.05) is 347 Å². The number of phosphoric ester groups is 1. The lowest BCUT2D eigenvalue weighted by molar-refractivity contribution is -0.870. The summed E-state index contributed by atoms with van der Waals surface area (Å²) in [5.41, 5.74) is 0. The second kappa shape index (κ2) is 70.7. The molecule has 9 nitrogen and oxygen atoms in total. The number of nitrogens with zero attached hydrogens (tertiary/aromatic N) is 1. The van der Waals surface area contributed by atoms with Crippen LogP contribution in [0.4, 0.5) is 0 Å². The molecule has 0 aliphatic rings. The molecule has 0 bridgehead atoms. The van der Waals surface area contributed by atoms with Crippen LogP contribution < -0.4 is 4.89 Å². The van der Waals surface area contributed by atoms with E-state index in [0.717, 1.165) is 109 Å². The number of phosphoric acid groups is 1. The van der Waals surface area contributed by atoms with Crippen LogP contribution in [0.3, 0.4) is 0 Å². The lowest BCUT2D eigenvalue weighted by Gasteiger charge is -2.28. The summed E-state index contributed by atoms with van der Waals surface area (Å²) in [5.74, 6) is -0.830. The van der Waals surface area contributed by atoms with Crippen molar-refractivity contribution in [3.63, 3.8) is 0 Å². The Morgan fingerprint density at radius 1 is 0.352 bits per heavy atom. The van der Waals surface area contributed by atoms with Crippen LogP contribution in [0.15, 0.2) is 122 Å². The van der Waals surface area contributed by atoms with Crippen LogP contribution >= 0.6 is 7.82 Å². The van der Waals surface area contributed by atoms with E-state index in [1.54, 1.807) is 0 Å². The molecule has 0 spiro atoms. The average Bonchev–Trinajstić information content (AvgIpc) is 3.69. The standard InChI is InChI=1S/C81H142NO8P/c1-6-8-10-12-14-16-18-20-22-24-26-28-30-32-34-35-36-37-38-39-40-41-42-43-44-45-46-47-48-50-52-54-56-58-60-62-64-66-68-70-72-74-81(84)90-79(78-89-91(85,86)88-76-75-82(3,4)5)77-87-80(83)73-71-69-67-65-63-61-59-57-55-53-51-49-33-31-29-27-25-23-21-19-17-15-13-11-9-7-2/h8,10,14,16,20,22,26,28,32,34,36-37,39-40,42-43,45-46,48,50,79H,6-7,9,11-13,15,17-19,21,23-25,27,29-31,33,35,38,41,44,47,49,51-78H2,1-5H3/b10-8-,16-14-,22-20-,28-26-,34-32-,37-36-,40-39-,43-42-,46-45-,50-48-. The molecule has 0 heterocycles. The van der Waals surface area contributed by atoms with Crippen molar-refractivity contribution >= 4 is 19.8 Å². The third-order valence-corrected chi connectivity index (χ3v) is 17.2. The highest BCUT2D eigenvalue weighted by molar-refractivity contribution is 7.45. The Kier molecular flexibility index (Phi) is 67.9. The first kappa shape index (κ1) is 87.4. The molecule has 0 aromatic rings. The molecule has 0 aromatic carbocycles. The maximum absolute atomic E-state index is 12.9. The summed E-state index contributed by atoms with van der Waals surface area (Å²) in [5, 5.41) is 0. The number of rotatable bonds is 69. The largest absolute Gasteiger partial charge is 0.756 e. The molecule has 91 heavy (non-hydrogen) atoms. The van der Waals surface area contributed by atoms with E-state index in [0.29, 0.717) is 17.4 Å². The summed E-state index contributed by atoms with van der Waals surface area (Å²) in [4.78, 5) is 38.1. The third kappa shape index (κ3) is 75.3. The molecule has 0 radical (unpaired) electrons. The van der Waals surface area contributed by atoms with Gasteiger partial charge in [0.25, 0.3) is 7.82 Å². The molecule has 524 valence electrons. The van der Waals surface area contributed by atoms with E-state index >= 15 is 0 Å². The van der Waals surface area contributed by atoms with E-state index in [2.05, 4.69) is 135 Å². The number of unbranched alkanes of at least 4 members (excludes halogenated alkanes) is 35. The molecule has 0 aliphatic heterocycles. The van der Waals surface area contributed by atoms with Gasteiger partial charge in [0.05, 0.1) is 27.7 Å². The first-order valence-electron chi connectivity index (χ1n) is 37.7. The summed E-state index contributed by atoms with van der Waals surface area (Å²) < 4.78 is 34.4. The molecule has 0 saturated carbocycles. The fourth-order valence-electron chi connectivity index (χ4n) is 10.5. The van der Waals surface area contributed by atoms with Crippen molar-refractivity contribution < 1.29 is 42.1 Å². The van der Waals surface area contributed by atoms with E-state index in [1.165, 1.54) is 186 Å². The molecule has 0 aliphatic carbocycles. The Labute approximate surface area is 562 Å². The maximum atomic E-state index is 12.9. The van der Waals surface area contributed by atoms with Gasteiger partial charge in [0.2, 0.25) is 0 Å². The Morgan fingerprint density at radius 3 is 0.934 bits per heavy atom. The molecule has 0 N–H and O–H groups in total. The molecular weight excluding hydrogens is 1150 g/mol. The van der Waals surface area contributed by atoms with E-state index in [4.69, 9.17) is 18.5 Å². The molecule has 0 fully saturated rings. The predicted octanol–water partition coefficient (Wildman–Crippen LogP) is 24.4. The van der Waals surface area contributed by atoms with Crippen molar-refractivity contribution in [2.45, 2.75) is 335 Å². The third-order valence-electron chi connectivity index (χ3n) is 16.2. The monoisotopic (exact) mass is 1290 g/mol. The van der Waals surface area contributed by atoms with Gasteiger partial charge in [-0.05, 0) is 89.9 Å². The van der Waals surface area contributed by atoms with Gasteiger partial charge in [-0.3, -0.25) is 14.2 Å². The highest BCUT2D eigenvalue weighted by atomic mass is 31.2. The lowest BCUT2D eigenvalue weighted by Crippen LogP contribution is -2.37. The number of esters is 2. The van der Waals surface area contributed by atoms with Gasteiger partial charge in [0, 0.05) is 12.8 Å². The van der Waals surface area contributed by atoms with E-state index in [-0.39, 0.29) is 32.0 Å². The molecule has 0 rings (SSSR count). The smallest absolute Gasteiger partial charge is 0.306 e. The van der Waals surface area contributed by atoms with E-state index in [9.17, 15) is 19.0 Å². The number of carbonyl (C=O) groups excluding carboxylic acids is 2. The van der Waals surface area contributed by atoms with Crippen LogP contribution in [0, 0.1) is 0 Å². The topological polar surface area (TPSA) is 111 Å². The molecule has 0 amide bonds. The van der Waals surface area contributed by atoms with Gasteiger partial charge in [-0.15, -0.1) is 0 Å². The van der Waals surface area contributed by atoms with Crippen LogP contribution in [0.25, 0.3) is 0 Å². The van der Waals surface area contributed by atoms with Gasteiger partial charge < -0.3 is 27.9 Å². The number of likely N-dealkylation sites (N-methyl/N-ethyl adjacent to an activating group) is 1. The number of hydrogen-bond donors (Lipinski definition) is 0. The van der Waals surface area contributed by atoms with Gasteiger partial charge in [0.15, 0.2) is 6.10 Å². The summed E-state index contributed by atoms with van der Waals surface area (Å²) >= 11 is 0. The zero-order valence-corrected chi connectivity index (χ0v) is 60.7. The molecule has 10 heteroatoms. The van der Waals surface area contributed by atoms with Crippen molar-refractivity contribution in [3.05, 3.63) is 122 Å². The minimum atomic E-state index is -4.65. The quantitative estimate of drug-likeness (QED) is 0.0195.